The zero-order valence-corrected chi connectivity index (χ0v) is 16.0. The number of hydrogen-bond acceptors (Lipinski definition) is 6. The molecule has 134 valence electrons. The van der Waals surface area contributed by atoms with Crippen LogP contribution in [0.5, 0.6) is 0 Å². The van der Waals surface area contributed by atoms with E-state index < -0.39 is 0 Å². The van der Waals surface area contributed by atoms with Gasteiger partial charge in [-0.25, -0.2) is 9.97 Å². The first-order chi connectivity index (χ1) is 12.0. The summed E-state index contributed by atoms with van der Waals surface area (Å²) in [5.74, 6) is 0.965. The molecule has 7 nitrogen and oxygen atoms in total. The SMILES string of the molecule is CSc1nc(C)cc(N2CCCC(N(C)C(=O)c3cnn(C)c3)C2)n1. The molecular formula is C17H24N6OS. The summed E-state index contributed by atoms with van der Waals surface area (Å²) in [5, 5.41) is 4.88. The van der Waals surface area contributed by atoms with Crippen LogP contribution in [0.1, 0.15) is 28.9 Å². The van der Waals surface area contributed by atoms with Gasteiger partial charge in [0.1, 0.15) is 5.82 Å². The maximum absolute atomic E-state index is 12.7. The number of aromatic nitrogens is 4. The van der Waals surface area contributed by atoms with Gasteiger partial charge in [-0.05, 0) is 26.0 Å². The minimum atomic E-state index is 0.0172. The number of hydrogen-bond donors (Lipinski definition) is 0. The van der Waals surface area contributed by atoms with Gasteiger partial charge in [0.15, 0.2) is 5.16 Å². The third kappa shape index (κ3) is 3.95. The number of rotatable bonds is 4. The van der Waals surface area contributed by atoms with E-state index in [0.29, 0.717) is 5.56 Å². The van der Waals surface area contributed by atoms with Crippen molar-refractivity contribution in [1.82, 2.24) is 24.6 Å². The Morgan fingerprint density at radius 2 is 2.20 bits per heavy atom. The third-order valence-electron chi connectivity index (χ3n) is 4.54. The molecular weight excluding hydrogens is 336 g/mol. The predicted molar refractivity (Wildman–Crippen MR) is 99.1 cm³/mol. The van der Waals surface area contributed by atoms with Crippen LogP contribution in [0, 0.1) is 6.92 Å². The fraction of sp³-hybridized carbons (Fsp3) is 0.529. The van der Waals surface area contributed by atoms with Crippen LogP contribution in [0.25, 0.3) is 0 Å². The van der Waals surface area contributed by atoms with Crippen LogP contribution in [0.2, 0.25) is 0 Å². The monoisotopic (exact) mass is 360 g/mol. The van der Waals surface area contributed by atoms with Gasteiger partial charge in [0.25, 0.3) is 5.91 Å². The van der Waals surface area contributed by atoms with E-state index in [1.54, 1.807) is 28.8 Å². The molecule has 1 amide bonds. The smallest absolute Gasteiger partial charge is 0.257 e. The average Bonchev–Trinajstić information content (AvgIpc) is 3.06. The molecule has 0 spiro atoms. The highest BCUT2D eigenvalue weighted by atomic mass is 32.2. The van der Waals surface area contributed by atoms with Crippen molar-refractivity contribution in [3.8, 4) is 0 Å². The van der Waals surface area contributed by atoms with E-state index in [4.69, 9.17) is 0 Å². The molecule has 0 aliphatic carbocycles. The Morgan fingerprint density at radius 3 is 2.88 bits per heavy atom. The van der Waals surface area contributed by atoms with Gasteiger partial charge in [0, 0.05) is 51.2 Å². The van der Waals surface area contributed by atoms with Gasteiger partial charge >= 0.3 is 0 Å². The fourth-order valence-corrected chi connectivity index (χ4v) is 3.58. The number of carbonyl (C=O) groups is 1. The molecule has 0 bridgehead atoms. The number of piperidine rings is 1. The number of aryl methyl sites for hydroxylation is 2. The molecule has 3 rings (SSSR count). The van der Waals surface area contributed by atoms with Crippen molar-refractivity contribution in [2.45, 2.75) is 31.0 Å². The molecule has 8 heteroatoms. The molecule has 1 aliphatic heterocycles. The largest absolute Gasteiger partial charge is 0.354 e. The average molecular weight is 360 g/mol. The number of anilines is 1. The molecule has 3 heterocycles. The second-order valence-corrected chi connectivity index (χ2v) is 7.19. The first kappa shape index (κ1) is 17.7. The standard InChI is InChI=1S/C17H24N6OS/c1-12-8-15(20-17(19-12)25-4)23-7-5-6-14(11-23)22(3)16(24)13-9-18-21(2)10-13/h8-10,14H,5-7,11H2,1-4H3. The summed E-state index contributed by atoms with van der Waals surface area (Å²) in [6.07, 6.45) is 7.40. The molecule has 1 unspecified atom stereocenters. The zero-order valence-electron chi connectivity index (χ0n) is 15.1. The van der Waals surface area contributed by atoms with E-state index in [0.717, 1.165) is 42.6 Å². The highest BCUT2D eigenvalue weighted by Crippen LogP contribution is 2.23. The molecule has 0 saturated carbocycles. The first-order valence-electron chi connectivity index (χ1n) is 8.38. The van der Waals surface area contributed by atoms with E-state index >= 15 is 0 Å². The van der Waals surface area contributed by atoms with E-state index in [9.17, 15) is 4.79 Å². The molecule has 1 aliphatic rings. The zero-order chi connectivity index (χ0) is 18.0. The van der Waals surface area contributed by atoms with Crippen LogP contribution in [-0.2, 0) is 7.05 Å². The molecule has 2 aromatic rings. The Hall–Kier alpha value is -2.09. The van der Waals surface area contributed by atoms with Crippen LogP contribution >= 0.6 is 11.8 Å². The number of thioether (sulfide) groups is 1. The summed E-state index contributed by atoms with van der Waals surface area (Å²) in [4.78, 5) is 25.8. The van der Waals surface area contributed by atoms with Crippen LogP contribution in [0.4, 0.5) is 5.82 Å². The van der Waals surface area contributed by atoms with Crippen molar-refractivity contribution >= 4 is 23.5 Å². The van der Waals surface area contributed by atoms with E-state index in [1.165, 1.54) is 0 Å². The molecule has 0 aromatic carbocycles. The van der Waals surface area contributed by atoms with Crippen molar-refractivity contribution < 1.29 is 4.79 Å². The van der Waals surface area contributed by atoms with Gasteiger partial charge in [-0.3, -0.25) is 9.48 Å². The lowest BCUT2D eigenvalue weighted by atomic mass is 10.0. The number of likely N-dealkylation sites (N-methyl/N-ethyl adjacent to an activating group) is 1. The molecule has 0 radical (unpaired) electrons. The van der Waals surface area contributed by atoms with E-state index in [1.807, 2.05) is 38.2 Å². The highest BCUT2D eigenvalue weighted by Gasteiger charge is 2.28. The Labute approximate surface area is 152 Å². The molecule has 1 fully saturated rings. The molecule has 1 saturated heterocycles. The highest BCUT2D eigenvalue weighted by molar-refractivity contribution is 7.98. The summed E-state index contributed by atoms with van der Waals surface area (Å²) in [7, 11) is 3.70. The van der Waals surface area contributed by atoms with Crippen LogP contribution in [0.3, 0.4) is 0 Å². The lowest BCUT2D eigenvalue weighted by Crippen LogP contribution is -2.48. The second-order valence-electron chi connectivity index (χ2n) is 6.42. The summed E-state index contributed by atoms with van der Waals surface area (Å²) in [6, 6.07) is 2.18. The van der Waals surface area contributed by atoms with Crippen molar-refractivity contribution in [3.63, 3.8) is 0 Å². The normalized spacial score (nSPS) is 17.6. The lowest BCUT2D eigenvalue weighted by Gasteiger charge is -2.38. The van der Waals surface area contributed by atoms with Crippen LogP contribution in [0.15, 0.2) is 23.6 Å². The van der Waals surface area contributed by atoms with Crippen molar-refractivity contribution in [3.05, 3.63) is 29.7 Å². The van der Waals surface area contributed by atoms with E-state index in [2.05, 4.69) is 20.0 Å². The van der Waals surface area contributed by atoms with Gasteiger partial charge in [-0.1, -0.05) is 11.8 Å². The Balaban J connectivity index is 1.74. The minimum absolute atomic E-state index is 0.0172. The van der Waals surface area contributed by atoms with Gasteiger partial charge < -0.3 is 9.80 Å². The third-order valence-corrected chi connectivity index (χ3v) is 5.09. The summed E-state index contributed by atoms with van der Waals surface area (Å²) < 4.78 is 1.65. The Kier molecular flexibility index (Phi) is 5.27. The maximum atomic E-state index is 12.7. The Morgan fingerprint density at radius 1 is 1.40 bits per heavy atom. The van der Waals surface area contributed by atoms with Gasteiger partial charge in [-0.15, -0.1) is 0 Å². The van der Waals surface area contributed by atoms with Crippen molar-refractivity contribution in [2.24, 2.45) is 7.05 Å². The lowest BCUT2D eigenvalue weighted by molar-refractivity contribution is 0.0717. The summed E-state index contributed by atoms with van der Waals surface area (Å²) in [5.41, 5.74) is 1.60. The van der Waals surface area contributed by atoms with Crippen LogP contribution < -0.4 is 4.90 Å². The number of nitrogens with zero attached hydrogens (tertiary/aromatic N) is 6. The topological polar surface area (TPSA) is 67.2 Å². The van der Waals surface area contributed by atoms with Crippen molar-refractivity contribution in [2.75, 3.05) is 31.3 Å². The minimum Gasteiger partial charge on any atom is -0.354 e. The number of carbonyl (C=O) groups excluding carboxylic acids is 1. The quantitative estimate of drug-likeness (QED) is 0.613. The maximum Gasteiger partial charge on any atom is 0.257 e. The number of amides is 1. The molecule has 0 N–H and O–H groups in total. The molecule has 2 aromatic heterocycles. The predicted octanol–water partition coefficient (Wildman–Crippen LogP) is 1.98. The summed E-state index contributed by atoms with van der Waals surface area (Å²) in [6.45, 7) is 3.73. The molecule has 1 atom stereocenters. The Bertz CT molecular complexity index is 761. The van der Waals surface area contributed by atoms with Crippen LogP contribution in [-0.4, -0.2) is 63.0 Å². The van der Waals surface area contributed by atoms with Gasteiger partial charge in [-0.2, -0.15) is 5.10 Å². The summed E-state index contributed by atoms with van der Waals surface area (Å²) >= 11 is 1.55. The fourth-order valence-electron chi connectivity index (χ4n) is 3.16. The second kappa shape index (κ2) is 7.43. The van der Waals surface area contributed by atoms with Crippen molar-refractivity contribution in [1.29, 1.82) is 0 Å². The first-order valence-corrected chi connectivity index (χ1v) is 9.61. The van der Waals surface area contributed by atoms with Gasteiger partial charge in [0.2, 0.25) is 0 Å². The van der Waals surface area contributed by atoms with Gasteiger partial charge in [0.05, 0.1) is 11.8 Å². The van der Waals surface area contributed by atoms with E-state index in [-0.39, 0.29) is 11.9 Å². The molecule has 25 heavy (non-hydrogen) atoms.